The van der Waals surface area contributed by atoms with Gasteiger partial charge in [0, 0.05) is 15.4 Å². The number of carbonyl (C=O) groups excluding carboxylic acids is 1. The molecule has 0 N–H and O–H groups in total. The smallest absolute Gasteiger partial charge is 0.120 e. The molecular formula is C11H10Br2O. The lowest BCUT2D eigenvalue weighted by Gasteiger charge is -2.02. The molecular weight excluding hydrogens is 308 g/mol. The molecule has 0 aliphatic heterocycles. The van der Waals surface area contributed by atoms with Crippen LogP contribution in [0.1, 0.15) is 18.4 Å². The van der Waals surface area contributed by atoms with E-state index in [4.69, 9.17) is 0 Å². The van der Waals surface area contributed by atoms with E-state index in [9.17, 15) is 4.79 Å². The maximum absolute atomic E-state index is 10.2. The van der Waals surface area contributed by atoms with Gasteiger partial charge in [0.05, 0.1) is 0 Å². The molecule has 0 aliphatic rings. The Bertz CT molecular complexity index is 330. The zero-order valence-electron chi connectivity index (χ0n) is 7.54. The summed E-state index contributed by atoms with van der Waals surface area (Å²) in [6.45, 7) is 0. The molecule has 0 atom stereocenters. The highest BCUT2D eigenvalue weighted by atomic mass is 79.9. The Balaban J connectivity index is 2.81. The van der Waals surface area contributed by atoms with Gasteiger partial charge >= 0.3 is 0 Å². The fourth-order valence-corrected chi connectivity index (χ4v) is 1.96. The molecule has 1 rings (SSSR count). The largest absolute Gasteiger partial charge is 0.303 e. The molecule has 0 aromatic heterocycles. The molecule has 0 spiro atoms. The second-order valence-corrected chi connectivity index (χ2v) is 4.54. The number of allylic oxidation sites excluding steroid dienone is 1. The summed E-state index contributed by atoms with van der Waals surface area (Å²) < 4.78 is 2.04. The highest BCUT2D eigenvalue weighted by Gasteiger charge is 2.02. The number of halogens is 2. The minimum Gasteiger partial charge on any atom is -0.303 e. The Morgan fingerprint density at radius 3 is 2.43 bits per heavy atom. The second kappa shape index (κ2) is 6.14. The lowest BCUT2D eigenvalue weighted by molar-refractivity contribution is -0.107. The van der Waals surface area contributed by atoms with E-state index in [1.165, 1.54) is 0 Å². The van der Waals surface area contributed by atoms with Gasteiger partial charge in [0.1, 0.15) is 6.29 Å². The van der Waals surface area contributed by atoms with Crippen LogP contribution in [-0.2, 0) is 4.79 Å². The first-order valence-electron chi connectivity index (χ1n) is 4.29. The molecule has 3 heteroatoms. The number of benzene rings is 1. The van der Waals surface area contributed by atoms with Crippen LogP contribution in [0.5, 0.6) is 0 Å². The maximum Gasteiger partial charge on any atom is 0.120 e. The van der Waals surface area contributed by atoms with Crippen LogP contribution in [0.3, 0.4) is 0 Å². The van der Waals surface area contributed by atoms with E-state index in [1.54, 1.807) is 0 Å². The van der Waals surface area contributed by atoms with Gasteiger partial charge in [-0.15, -0.1) is 0 Å². The first-order chi connectivity index (χ1) is 6.75. The van der Waals surface area contributed by atoms with E-state index in [1.807, 2.05) is 30.3 Å². The fourth-order valence-electron chi connectivity index (χ4n) is 1.04. The lowest BCUT2D eigenvalue weighted by atomic mass is 10.2. The topological polar surface area (TPSA) is 17.1 Å². The molecule has 1 aromatic carbocycles. The molecule has 0 aliphatic carbocycles. The summed E-state index contributed by atoms with van der Waals surface area (Å²) in [4.78, 5) is 10.2. The number of hydrogen-bond acceptors (Lipinski definition) is 1. The van der Waals surface area contributed by atoms with E-state index in [-0.39, 0.29) is 0 Å². The van der Waals surface area contributed by atoms with E-state index < -0.39 is 0 Å². The number of hydrogen-bond donors (Lipinski definition) is 0. The van der Waals surface area contributed by atoms with Gasteiger partial charge in [0.15, 0.2) is 0 Å². The van der Waals surface area contributed by atoms with Crippen LogP contribution in [0.4, 0.5) is 0 Å². The second-order valence-electron chi connectivity index (χ2n) is 2.79. The van der Waals surface area contributed by atoms with E-state index in [0.29, 0.717) is 6.42 Å². The van der Waals surface area contributed by atoms with Crippen molar-refractivity contribution in [2.75, 3.05) is 0 Å². The zero-order valence-corrected chi connectivity index (χ0v) is 10.7. The Morgan fingerprint density at radius 1 is 1.21 bits per heavy atom. The summed E-state index contributed by atoms with van der Waals surface area (Å²) in [5, 5.41) is 0. The van der Waals surface area contributed by atoms with Gasteiger partial charge in [0.2, 0.25) is 0 Å². The van der Waals surface area contributed by atoms with Crippen LogP contribution in [0.2, 0.25) is 0 Å². The van der Waals surface area contributed by atoms with Crippen molar-refractivity contribution in [2.24, 2.45) is 0 Å². The van der Waals surface area contributed by atoms with Crippen molar-refractivity contribution in [3.63, 3.8) is 0 Å². The molecule has 0 unspecified atom stereocenters. The van der Waals surface area contributed by atoms with Crippen LogP contribution < -0.4 is 0 Å². The average molecular weight is 318 g/mol. The molecule has 0 fully saturated rings. The fraction of sp³-hybridized carbons (Fsp3) is 0.182. The number of aldehydes is 1. The molecule has 0 radical (unpaired) electrons. The third kappa shape index (κ3) is 3.39. The molecule has 1 nitrogen and oxygen atoms in total. The zero-order chi connectivity index (χ0) is 10.4. The Kier molecular flexibility index (Phi) is 5.12. The quantitative estimate of drug-likeness (QED) is 0.763. The summed E-state index contributed by atoms with van der Waals surface area (Å²) >= 11 is 6.95. The van der Waals surface area contributed by atoms with Crippen molar-refractivity contribution in [3.8, 4) is 0 Å². The van der Waals surface area contributed by atoms with E-state index >= 15 is 0 Å². The van der Waals surface area contributed by atoms with Crippen LogP contribution in [-0.4, -0.2) is 6.29 Å². The van der Waals surface area contributed by atoms with Gasteiger partial charge in [-0.1, -0.05) is 46.3 Å². The summed E-state index contributed by atoms with van der Waals surface area (Å²) in [6.07, 6.45) is 2.20. The summed E-state index contributed by atoms with van der Waals surface area (Å²) in [6, 6.07) is 9.98. The monoisotopic (exact) mass is 316 g/mol. The summed E-state index contributed by atoms with van der Waals surface area (Å²) in [5.74, 6) is 0. The van der Waals surface area contributed by atoms with Gasteiger partial charge in [-0.05, 0) is 27.9 Å². The molecule has 0 saturated heterocycles. The van der Waals surface area contributed by atoms with Gasteiger partial charge in [-0.2, -0.15) is 0 Å². The third-order valence-electron chi connectivity index (χ3n) is 1.75. The van der Waals surface area contributed by atoms with Crippen molar-refractivity contribution in [1.29, 1.82) is 0 Å². The highest BCUT2D eigenvalue weighted by molar-refractivity contribution is 9.16. The van der Waals surface area contributed by atoms with Crippen molar-refractivity contribution in [2.45, 2.75) is 12.8 Å². The van der Waals surface area contributed by atoms with Crippen molar-refractivity contribution in [3.05, 3.63) is 40.4 Å². The van der Waals surface area contributed by atoms with Crippen LogP contribution in [0.15, 0.2) is 34.8 Å². The van der Waals surface area contributed by atoms with Gasteiger partial charge in [-0.25, -0.2) is 0 Å². The van der Waals surface area contributed by atoms with Crippen molar-refractivity contribution >= 4 is 42.6 Å². The number of rotatable bonds is 4. The Hall–Kier alpha value is -0.410. The molecule has 0 saturated carbocycles. The summed E-state index contributed by atoms with van der Waals surface area (Å²) in [7, 11) is 0. The highest BCUT2D eigenvalue weighted by Crippen LogP contribution is 2.30. The first kappa shape index (κ1) is 11.7. The third-order valence-corrected chi connectivity index (χ3v) is 4.01. The first-order valence-corrected chi connectivity index (χ1v) is 5.87. The molecule has 74 valence electrons. The van der Waals surface area contributed by atoms with Gasteiger partial charge in [0.25, 0.3) is 0 Å². The van der Waals surface area contributed by atoms with E-state index in [2.05, 4.69) is 31.9 Å². The van der Waals surface area contributed by atoms with Crippen molar-refractivity contribution in [1.82, 2.24) is 0 Å². The SMILES string of the molecule is O=CCC/C(Br)=C(/Br)c1ccccc1. The molecule has 1 aromatic rings. The maximum atomic E-state index is 10.2. The van der Waals surface area contributed by atoms with Gasteiger partial charge in [-0.3, -0.25) is 0 Å². The minimum absolute atomic E-state index is 0.544. The average Bonchev–Trinajstić information content (AvgIpc) is 2.26. The lowest BCUT2D eigenvalue weighted by Crippen LogP contribution is -1.81. The Labute approximate surface area is 100 Å². The standard InChI is InChI=1S/C11H10Br2O/c12-10(7-4-8-14)11(13)9-5-2-1-3-6-9/h1-3,5-6,8H,4,7H2/b11-10-. The molecule has 0 amide bonds. The van der Waals surface area contributed by atoms with Gasteiger partial charge < -0.3 is 4.79 Å². The number of carbonyl (C=O) groups is 1. The normalized spacial score (nSPS) is 12.1. The summed E-state index contributed by atoms with van der Waals surface area (Å²) in [5.41, 5.74) is 1.12. The van der Waals surface area contributed by atoms with Crippen molar-refractivity contribution < 1.29 is 4.79 Å². The molecule has 0 bridgehead atoms. The Morgan fingerprint density at radius 2 is 1.86 bits per heavy atom. The van der Waals surface area contributed by atoms with Crippen LogP contribution in [0.25, 0.3) is 4.48 Å². The predicted octanol–water partition coefficient (Wildman–Crippen LogP) is 4.12. The minimum atomic E-state index is 0.544. The molecule has 14 heavy (non-hydrogen) atoms. The van der Waals surface area contributed by atoms with Crippen LogP contribution >= 0.6 is 31.9 Å². The van der Waals surface area contributed by atoms with E-state index in [0.717, 1.165) is 27.2 Å². The van der Waals surface area contributed by atoms with Crippen LogP contribution in [0, 0.1) is 0 Å². The predicted molar refractivity (Wildman–Crippen MR) is 66.5 cm³/mol. The molecule has 0 heterocycles.